The topological polar surface area (TPSA) is 163 Å². The fraction of sp³-hybridized carbons (Fsp3) is 0.500. The van der Waals surface area contributed by atoms with Gasteiger partial charge in [0.05, 0.1) is 49.1 Å². The van der Waals surface area contributed by atoms with Crippen LogP contribution in [0.25, 0.3) is 11.5 Å². The molecule has 6 rings (SSSR count). The molecular formula is C30H37Ac2F2N7O7-2. The van der Waals surface area contributed by atoms with Crippen molar-refractivity contribution in [2.75, 3.05) is 105 Å². The summed E-state index contributed by atoms with van der Waals surface area (Å²) in [7, 11) is 0. The third-order valence-corrected chi connectivity index (χ3v) is 8.15. The maximum Gasteiger partial charge on any atom is 0.414 e. The average Bonchev–Trinajstić information content (AvgIpc) is 3.66. The van der Waals surface area contributed by atoms with Gasteiger partial charge in [0.15, 0.2) is 0 Å². The van der Waals surface area contributed by atoms with Crippen molar-refractivity contribution in [3.05, 3.63) is 59.5 Å². The third-order valence-electron chi connectivity index (χ3n) is 8.15. The maximum atomic E-state index is 14.5. The van der Waals surface area contributed by atoms with Gasteiger partial charge in [0.25, 0.3) is 0 Å². The number of hydrogen-bond acceptors (Lipinski definition) is 9. The third kappa shape index (κ3) is 9.90. The Labute approximate surface area is 349 Å². The van der Waals surface area contributed by atoms with E-state index in [1.807, 2.05) is 9.80 Å². The molecule has 14 nitrogen and oxygen atoms in total. The first-order valence-electron chi connectivity index (χ1n) is 15.0. The first kappa shape index (κ1) is 41.1. The van der Waals surface area contributed by atoms with E-state index in [2.05, 4.69) is 0 Å². The number of nitrogens with one attached hydrogen (secondary N) is 2. The number of cyclic esters (lactones) is 2. The maximum absolute atomic E-state index is 14.5. The van der Waals surface area contributed by atoms with E-state index in [0.717, 1.165) is 0 Å². The number of nitrogens with zero attached hydrogens (tertiary/aromatic N) is 5. The van der Waals surface area contributed by atoms with Gasteiger partial charge in [-0.1, -0.05) is 0 Å². The van der Waals surface area contributed by atoms with Gasteiger partial charge in [-0.05, 0) is 36.4 Å². The van der Waals surface area contributed by atoms with E-state index < -0.39 is 36.8 Å². The molecule has 0 aromatic heterocycles. The van der Waals surface area contributed by atoms with Crippen LogP contribution in [0.2, 0.25) is 0 Å². The molecule has 256 valence electrons. The van der Waals surface area contributed by atoms with Gasteiger partial charge in [-0.3, -0.25) is 14.6 Å². The standard InChI is InChI=1S/C16H20FN4O4.C14H17FN3O3.2Ac/c17-13-7-11(21-9-12(8-18)25-16(21)24)1-2-14(13)19-3-5-20(6-4-19)15(23)10-22;15-12-7-10(18-9-11(8-16)21-14(18)19)1-2-13(12)17-3-5-20-6-4-17;;/h1-2,7,12,18,22H,3-6,8-10H2;1-2,7,11,16H,3-6,8-9H2;;/q2*-1;;/t12-;11-;;/m00../s1. The number of amides is 3. The molecule has 0 unspecified atom stereocenters. The van der Waals surface area contributed by atoms with Crippen molar-refractivity contribution in [3.8, 4) is 0 Å². The zero-order valence-electron chi connectivity index (χ0n) is 26.4. The zero-order valence-corrected chi connectivity index (χ0v) is 35.8. The number of anilines is 4. The second-order valence-electron chi connectivity index (χ2n) is 11.0. The van der Waals surface area contributed by atoms with E-state index in [9.17, 15) is 23.2 Å². The molecule has 2 radical (unpaired) electrons. The minimum absolute atomic E-state index is 0. The summed E-state index contributed by atoms with van der Waals surface area (Å²) in [5.41, 5.74) is 16.3. The molecule has 4 aliphatic rings. The molecule has 0 aliphatic carbocycles. The normalized spacial score (nSPS) is 20.7. The van der Waals surface area contributed by atoms with Crippen LogP contribution < -0.4 is 19.6 Å². The SMILES string of the molecule is [Ac].[Ac].[NH-]C[C@H]1CN(c2ccc(N3CCN(C(=O)CO)CC3)c(F)c2)C(=O)O1.[NH-]C[C@H]1CN(c2ccc(N3CCOCC3)c(F)c2)C(=O)O1. The number of carbonyl (C=O) groups is 3. The van der Waals surface area contributed by atoms with Crippen LogP contribution in [-0.4, -0.2) is 126 Å². The van der Waals surface area contributed by atoms with Gasteiger partial charge in [-0.15, -0.1) is 13.1 Å². The van der Waals surface area contributed by atoms with Gasteiger partial charge in [0.1, 0.15) is 30.4 Å². The molecule has 0 bridgehead atoms. The Morgan fingerprint density at radius 2 is 1.19 bits per heavy atom. The van der Waals surface area contributed by atoms with Crippen LogP contribution >= 0.6 is 0 Å². The predicted molar refractivity (Wildman–Crippen MR) is 165 cm³/mol. The van der Waals surface area contributed by atoms with Gasteiger partial charge in [-0.2, -0.15) is 0 Å². The smallest absolute Gasteiger partial charge is 0.414 e. The fourth-order valence-electron chi connectivity index (χ4n) is 5.62. The minimum Gasteiger partial charge on any atom is -0.674 e. The number of piperazine rings is 1. The number of rotatable bonds is 7. The Morgan fingerprint density at radius 3 is 1.56 bits per heavy atom. The Morgan fingerprint density at radius 1 is 0.750 bits per heavy atom. The fourth-order valence-corrected chi connectivity index (χ4v) is 5.62. The number of aliphatic hydroxyl groups excluding tert-OH is 1. The van der Waals surface area contributed by atoms with E-state index in [4.69, 9.17) is 30.8 Å². The van der Waals surface area contributed by atoms with Crippen molar-refractivity contribution in [3.63, 3.8) is 0 Å². The van der Waals surface area contributed by atoms with Gasteiger partial charge >= 0.3 is 12.2 Å². The molecule has 3 N–H and O–H groups in total. The number of ether oxygens (including phenoxy) is 3. The summed E-state index contributed by atoms with van der Waals surface area (Å²) in [6, 6.07) is 9.28. The van der Waals surface area contributed by atoms with Crippen LogP contribution in [0, 0.1) is 99.8 Å². The van der Waals surface area contributed by atoms with E-state index in [1.54, 1.807) is 29.2 Å². The molecule has 48 heavy (non-hydrogen) atoms. The summed E-state index contributed by atoms with van der Waals surface area (Å²) >= 11 is 0. The average molecular weight is 1100 g/mol. The number of carbonyl (C=O) groups excluding carboxylic acids is 3. The second-order valence-corrected chi connectivity index (χ2v) is 11.0. The molecule has 4 aliphatic heterocycles. The Hall–Kier alpha value is -1.37. The molecule has 4 heterocycles. The zero-order chi connectivity index (χ0) is 32.8. The van der Waals surface area contributed by atoms with E-state index in [1.165, 1.54) is 21.9 Å². The summed E-state index contributed by atoms with van der Waals surface area (Å²) < 4.78 is 44.1. The molecule has 3 amide bonds. The largest absolute Gasteiger partial charge is 0.674 e. The monoisotopic (exact) mass is 1100 g/mol. The molecule has 4 fully saturated rings. The summed E-state index contributed by atoms with van der Waals surface area (Å²) in [6.07, 6.45) is -2.03. The van der Waals surface area contributed by atoms with Crippen molar-refractivity contribution in [1.82, 2.24) is 4.90 Å². The summed E-state index contributed by atoms with van der Waals surface area (Å²) in [5, 5.41) is 8.89. The van der Waals surface area contributed by atoms with Gasteiger partial charge in [-0.25, -0.2) is 18.4 Å². The van der Waals surface area contributed by atoms with E-state index in [0.29, 0.717) is 81.8 Å². The minimum atomic E-state index is -0.569. The van der Waals surface area contributed by atoms with Gasteiger partial charge in [0.2, 0.25) is 5.91 Å². The van der Waals surface area contributed by atoms with Crippen molar-refractivity contribution in [1.29, 1.82) is 0 Å². The van der Waals surface area contributed by atoms with Crippen molar-refractivity contribution >= 4 is 40.8 Å². The molecular weight excluding hydrogens is 1060 g/mol. The first-order valence-corrected chi connectivity index (χ1v) is 15.0. The van der Waals surface area contributed by atoms with Crippen LogP contribution in [-0.2, 0) is 19.0 Å². The summed E-state index contributed by atoms with van der Waals surface area (Å²) in [6.45, 7) is 4.26. The molecule has 2 aromatic carbocycles. The molecule has 2 atom stereocenters. The Balaban J connectivity index is 0.000000253. The molecule has 0 saturated carbocycles. The summed E-state index contributed by atoms with van der Waals surface area (Å²) in [4.78, 5) is 43.0. The van der Waals surface area contributed by atoms with Crippen LogP contribution in [0.3, 0.4) is 0 Å². The van der Waals surface area contributed by atoms with Crippen LogP contribution in [0.15, 0.2) is 36.4 Å². The van der Waals surface area contributed by atoms with Gasteiger partial charge < -0.3 is 45.5 Å². The van der Waals surface area contributed by atoms with Gasteiger partial charge in [0, 0.05) is 127 Å². The van der Waals surface area contributed by atoms with Crippen molar-refractivity contribution in [2.24, 2.45) is 0 Å². The molecule has 2 aromatic rings. The number of benzene rings is 2. The molecule has 4 saturated heterocycles. The van der Waals surface area contributed by atoms with Crippen LogP contribution in [0.1, 0.15) is 0 Å². The van der Waals surface area contributed by atoms with Crippen molar-refractivity contribution in [2.45, 2.75) is 12.2 Å². The number of hydrogen-bond donors (Lipinski definition) is 1. The van der Waals surface area contributed by atoms with E-state index in [-0.39, 0.29) is 119 Å². The molecule has 18 heteroatoms. The number of halogens is 2. The number of aliphatic hydroxyl groups is 1. The van der Waals surface area contributed by atoms with Crippen LogP contribution in [0.4, 0.5) is 41.1 Å². The Kier molecular flexibility index (Phi) is 16.5. The van der Waals surface area contributed by atoms with E-state index >= 15 is 0 Å². The second kappa shape index (κ2) is 19.3. The quantitative estimate of drug-likeness (QED) is 0.440. The molecule has 0 spiro atoms. The summed E-state index contributed by atoms with van der Waals surface area (Å²) in [5.74, 6) is -1.15. The van der Waals surface area contributed by atoms with Crippen molar-refractivity contribution < 1.29 is 131 Å². The first-order chi connectivity index (χ1) is 22.2. The Bertz CT molecular complexity index is 1420. The van der Waals surface area contributed by atoms with Crippen LogP contribution in [0.5, 0.6) is 0 Å². The predicted octanol–water partition coefficient (Wildman–Crippen LogP) is 2.88. The number of morpholine rings is 1.